The largest absolute Gasteiger partial charge is 0.480 e. The summed E-state index contributed by atoms with van der Waals surface area (Å²) in [6.07, 6.45) is -1.26. The zero-order valence-electron chi connectivity index (χ0n) is 14.1. The molecule has 0 bridgehead atoms. The third-order valence-corrected chi connectivity index (χ3v) is 3.44. The van der Waals surface area contributed by atoms with Crippen LogP contribution in [-0.2, 0) is 28.8 Å². The van der Waals surface area contributed by atoms with Crippen molar-refractivity contribution in [3.63, 3.8) is 0 Å². The van der Waals surface area contributed by atoms with E-state index in [1.54, 1.807) is 0 Å². The van der Waals surface area contributed by atoms with Crippen LogP contribution in [0.25, 0.3) is 0 Å². The fourth-order valence-corrected chi connectivity index (χ4v) is 2.05. The van der Waals surface area contributed by atoms with Crippen molar-refractivity contribution in [2.45, 2.75) is 31.0 Å². The lowest BCUT2D eigenvalue weighted by molar-refractivity contribution is -0.142. The molecule has 14 heteroatoms. The Kier molecular flexibility index (Phi) is 10.4. The van der Waals surface area contributed by atoms with Crippen molar-refractivity contribution in [3.8, 4) is 0 Å². The standard InChI is InChI=1S/C13H22N6O7S/c14-3-10(22)17-5(1-8(15)20)11(23)18-6(2-9(16)21)12(24)19-7(4-27)13(25)26/h5-7,27H,1-4,14H2,(H2,15,20)(H2,16,21)(H,17,22)(H,18,23)(H,19,24)(H,25,26). The first-order chi connectivity index (χ1) is 12.5. The van der Waals surface area contributed by atoms with Gasteiger partial charge in [0.15, 0.2) is 0 Å². The van der Waals surface area contributed by atoms with Crippen LogP contribution >= 0.6 is 12.6 Å². The topological polar surface area (TPSA) is 237 Å². The van der Waals surface area contributed by atoms with Gasteiger partial charge < -0.3 is 38.3 Å². The minimum Gasteiger partial charge on any atom is -0.480 e. The monoisotopic (exact) mass is 406 g/mol. The lowest BCUT2D eigenvalue weighted by Gasteiger charge is -2.23. The van der Waals surface area contributed by atoms with E-state index in [0.717, 1.165) is 0 Å². The van der Waals surface area contributed by atoms with Crippen LogP contribution in [0.1, 0.15) is 12.8 Å². The highest BCUT2D eigenvalue weighted by atomic mass is 32.1. The van der Waals surface area contributed by atoms with E-state index in [9.17, 15) is 28.8 Å². The number of nitrogens with two attached hydrogens (primary N) is 3. The molecule has 0 aromatic heterocycles. The van der Waals surface area contributed by atoms with E-state index < -0.39 is 73.0 Å². The van der Waals surface area contributed by atoms with E-state index in [-0.39, 0.29) is 5.75 Å². The smallest absolute Gasteiger partial charge is 0.327 e. The van der Waals surface area contributed by atoms with Crippen LogP contribution in [0.4, 0.5) is 0 Å². The molecule has 0 aliphatic carbocycles. The number of amides is 5. The first kappa shape index (κ1) is 24.1. The molecule has 3 unspecified atom stereocenters. The highest BCUT2D eigenvalue weighted by molar-refractivity contribution is 7.80. The molecule has 0 heterocycles. The van der Waals surface area contributed by atoms with Gasteiger partial charge in [0.1, 0.15) is 18.1 Å². The average molecular weight is 406 g/mol. The third-order valence-electron chi connectivity index (χ3n) is 3.08. The van der Waals surface area contributed by atoms with Crippen molar-refractivity contribution < 1.29 is 33.9 Å². The molecule has 0 aliphatic heterocycles. The first-order valence-corrected chi connectivity index (χ1v) is 8.15. The van der Waals surface area contributed by atoms with Gasteiger partial charge in [-0.2, -0.15) is 12.6 Å². The fourth-order valence-electron chi connectivity index (χ4n) is 1.80. The van der Waals surface area contributed by atoms with E-state index in [4.69, 9.17) is 22.3 Å². The van der Waals surface area contributed by atoms with Crippen LogP contribution in [0.15, 0.2) is 0 Å². The van der Waals surface area contributed by atoms with Gasteiger partial charge in [0.2, 0.25) is 29.5 Å². The second-order valence-electron chi connectivity index (χ2n) is 5.31. The molecule has 3 atom stereocenters. The fraction of sp³-hybridized carbons (Fsp3) is 0.538. The number of carbonyl (C=O) groups excluding carboxylic acids is 5. The first-order valence-electron chi connectivity index (χ1n) is 7.52. The molecule has 0 spiro atoms. The van der Waals surface area contributed by atoms with Crippen molar-refractivity contribution in [3.05, 3.63) is 0 Å². The highest BCUT2D eigenvalue weighted by Crippen LogP contribution is 1.99. The molecule has 0 aliphatic rings. The quantitative estimate of drug-likeness (QED) is 0.146. The number of carboxylic acid groups (broad SMARTS) is 1. The molecular weight excluding hydrogens is 384 g/mol. The summed E-state index contributed by atoms with van der Waals surface area (Å²) in [4.78, 5) is 69.0. The average Bonchev–Trinajstić information content (AvgIpc) is 2.56. The number of carbonyl (C=O) groups is 6. The Labute approximate surface area is 159 Å². The molecular formula is C13H22N6O7S. The lowest BCUT2D eigenvalue weighted by Crippen LogP contribution is -2.57. The van der Waals surface area contributed by atoms with Crippen LogP contribution in [0, 0.1) is 0 Å². The summed E-state index contributed by atoms with van der Waals surface area (Å²) in [6, 6.07) is -4.39. The van der Waals surface area contributed by atoms with Crippen molar-refractivity contribution in [1.29, 1.82) is 0 Å². The molecule has 10 N–H and O–H groups in total. The Morgan fingerprint density at radius 1 is 0.815 bits per heavy atom. The number of rotatable bonds is 12. The van der Waals surface area contributed by atoms with Crippen LogP contribution in [-0.4, -0.2) is 71.0 Å². The Morgan fingerprint density at radius 2 is 1.22 bits per heavy atom. The molecule has 5 amide bonds. The van der Waals surface area contributed by atoms with Crippen molar-refractivity contribution in [2.24, 2.45) is 17.2 Å². The Bertz CT molecular complexity index is 614. The molecule has 152 valence electrons. The molecule has 13 nitrogen and oxygen atoms in total. The predicted octanol–water partition coefficient (Wildman–Crippen LogP) is -4.84. The van der Waals surface area contributed by atoms with Gasteiger partial charge in [0, 0.05) is 5.75 Å². The van der Waals surface area contributed by atoms with Crippen LogP contribution in [0.5, 0.6) is 0 Å². The summed E-state index contributed by atoms with van der Waals surface area (Å²) in [5.74, 6) is -6.34. The molecule has 0 aromatic carbocycles. The summed E-state index contributed by atoms with van der Waals surface area (Å²) >= 11 is 3.77. The summed E-state index contributed by atoms with van der Waals surface area (Å²) in [5.41, 5.74) is 15.2. The Morgan fingerprint density at radius 3 is 1.56 bits per heavy atom. The number of primary amides is 2. The molecule has 0 rings (SSSR count). The second-order valence-corrected chi connectivity index (χ2v) is 5.67. The lowest BCUT2D eigenvalue weighted by atomic mass is 10.1. The summed E-state index contributed by atoms with van der Waals surface area (Å²) in [7, 11) is 0. The number of hydrogen-bond acceptors (Lipinski definition) is 8. The number of thiol groups is 1. The van der Waals surface area contributed by atoms with E-state index >= 15 is 0 Å². The van der Waals surface area contributed by atoms with Crippen molar-refractivity contribution in [2.75, 3.05) is 12.3 Å². The molecule has 0 fully saturated rings. The number of carboxylic acids is 1. The zero-order chi connectivity index (χ0) is 21.1. The number of hydrogen-bond donors (Lipinski definition) is 8. The predicted molar refractivity (Wildman–Crippen MR) is 94.0 cm³/mol. The summed E-state index contributed by atoms with van der Waals surface area (Å²) < 4.78 is 0. The van der Waals surface area contributed by atoms with Gasteiger partial charge in [0.05, 0.1) is 19.4 Å². The van der Waals surface area contributed by atoms with E-state index in [1.165, 1.54) is 0 Å². The summed E-state index contributed by atoms with van der Waals surface area (Å²) in [6.45, 7) is -0.476. The number of aliphatic carboxylic acids is 1. The van der Waals surface area contributed by atoms with Gasteiger partial charge in [-0.25, -0.2) is 4.79 Å². The van der Waals surface area contributed by atoms with Crippen LogP contribution in [0.2, 0.25) is 0 Å². The van der Waals surface area contributed by atoms with E-state index in [2.05, 4.69) is 28.6 Å². The maximum Gasteiger partial charge on any atom is 0.327 e. The van der Waals surface area contributed by atoms with Gasteiger partial charge in [0.25, 0.3) is 0 Å². The van der Waals surface area contributed by atoms with Gasteiger partial charge in [-0.1, -0.05) is 0 Å². The maximum atomic E-state index is 12.3. The zero-order valence-corrected chi connectivity index (χ0v) is 15.0. The third kappa shape index (κ3) is 9.41. The minimum absolute atomic E-state index is 0.255. The highest BCUT2D eigenvalue weighted by Gasteiger charge is 2.30. The van der Waals surface area contributed by atoms with Crippen LogP contribution in [0.3, 0.4) is 0 Å². The molecule has 0 saturated heterocycles. The van der Waals surface area contributed by atoms with Gasteiger partial charge in [-0.3, -0.25) is 24.0 Å². The van der Waals surface area contributed by atoms with Crippen molar-refractivity contribution in [1.82, 2.24) is 16.0 Å². The molecule has 0 saturated carbocycles. The van der Waals surface area contributed by atoms with E-state index in [0.29, 0.717) is 0 Å². The molecule has 27 heavy (non-hydrogen) atoms. The summed E-state index contributed by atoms with van der Waals surface area (Å²) in [5, 5.41) is 15.3. The minimum atomic E-state index is -1.55. The Balaban J connectivity index is 5.32. The number of nitrogens with one attached hydrogen (secondary N) is 3. The normalized spacial score (nSPS) is 13.6. The van der Waals surface area contributed by atoms with Crippen molar-refractivity contribution >= 4 is 48.1 Å². The second kappa shape index (κ2) is 11.7. The molecule has 0 aromatic rings. The van der Waals surface area contributed by atoms with Crippen LogP contribution < -0.4 is 33.2 Å². The van der Waals surface area contributed by atoms with E-state index in [1.807, 2.05) is 0 Å². The SMILES string of the molecule is NCC(=O)NC(CC(N)=O)C(=O)NC(CC(N)=O)C(=O)NC(CS)C(=O)O. The van der Waals surface area contributed by atoms with Gasteiger partial charge in [-0.15, -0.1) is 0 Å². The molecule has 0 radical (unpaired) electrons. The maximum absolute atomic E-state index is 12.3. The van der Waals surface area contributed by atoms with Gasteiger partial charge >= 0.3 is 5.97 Å². The Hall–Kier alpha value is -2.87. The van der Waals surface area contributed by atoms with Gasteiger partial charge in [-0.05, 0) is 0 Å².